The molecule has 4 rings (SSSR count). The minimum absolute atomic E-state index is 0.270. The number of nitrogens with zero attached hydrogens (tertiary/aromatic N) is 3. The van der Waals surface area contributed by atoms with Crippen molar-refractivity contribution in [1.82, 2.24) is 14.5 Å². The van der Waals surface area contributed by atoms with Gasteiger partial charge >= 0.3 is 0 Å². The molecule has 1 aliphatic heterocycles. The Morgan fingerprint density at radius 2 is 1.80 bits per heavy atom. The maximum atomic E-state index is 12.3. The van der Waals surface area contributed by atoms with Crippen molar-refractivity contribution < 1.29 is 14.3 Å². The molecule has 0 N–H and O–H groups in total. The van der Waals surface area contributed by atoms with Gasteiger partial charge < -0.3 is 18.9 Å². The van der Waals surface area contributed by atoms with Gasteiger partial charge in [-0.25, -0.2) is 4.98 Å². The van der Waals surface area contributed by atoms with E-state index in [1.807, 2.05) is 29.2 Å². The van der Waals surface area contributed by atoms with Crippen LogP contribution in [-0.2, 0) is 4.79 Å². The van der Waals surface area contributed by atoms with E-state index in [4.69, 9.17) is 14.5 Å². The molecular formula is C24H29N3O3. The number of hydrogen-bond acceptors (Lipinski definition) is 4. The molecule has 1 aromatic heterocycles. The molecule has 0 aliphatic carbocycles. The number of rotatable bonds is 6. The number of methoxy groups -OCH3 is 2. The van der Waals surface area contributed by atoms with E-state index in [-0.39, 0.29) is 5.91 Å². The van der Waals surface area contributed by atoms with Gasteiger partial charge in [0.05, 0.1) is 25.3 Å². The van der Waals surface area contributed by atoms with E-state index in [0.717, 1.165) is 54.8 Å². The fourth-order valence-corrected chi connectivity index (χ4v) is 4.34. The molecule has 0 spiro atoms. The Morgan fingerprint density at radius 1 is 1.07 bits per heavy atom. The fourth-order valence-electron chi connectivity index (χ4n) is 4.34. The van der Waals surface area contributed by atoms with E-state index in [0.29, 0.717) is 24.0 Å². The molecule has 1 fully saturated rings. The molecule has 158 valence electrons. The van der Waals surface area contributed by atoms with Crippen molar-refractivity contribution in [3.63, 3.8) is 0 Å². The number of amides is 1. The lowest BCUT2D eigenvalue weighted by Crippen LogP contribution is -2.39. The Morgan fingerprint density at radius 3 is 2.50 bits per heavy atom. The third-order valence-electron chi connectivity index (χ3n) is 5.88. The van der Waals surface area contributed by atoms with Crippen LogP contribution in [0.1, 0.15) is 38.6 Å². The highest BCUT2D eigenvalue weighted by Gasteiger charge is 2.27. The average molecular weight is 408 g/mol. The van der Waals surface area contributed by atoms with E-state index in [1.165, 1.54) is 0 Å². The predicted octanol–water partition coefficient (Wildman–Crippen LogP) is 4.68. The molecule has 0 atom stereocenters. The number of ether oxygens (including phenoxy) is 2. The first-order valence-corrected chi connectivity index (χ1v) is 10.6. The van der Waals surface area contributed by atoms with E-state index in [1.54, 1.807) is 14.2 Å². The maximum absolute atomic E-state index is 12.3. The van der Waals surface area contributed by atoms with Gasteiger partial charge in [-0.2, -0.15) is 0 Å². The lowest BCUT2D eigenvalue weighted by atomic mass is 10.0. The van der Waals surface area contributed by atoms with Crippen LogP contribution in [0, 0.1) is 0 Å². The van der Waals surface area contributed by atoms with Gasteiger partial charge in [0.2, 0.25) is 5.91 Å². The molecule has 0 bridgehead atoms. The molecule has 1 saturated heterocycles. The van der Waals surface area contributed by atoms with Gasteiger partial charge in [0.25, 0.3) is 0 Å². The smallest absolute Gasteiger partial charge is 0.222 e. The number of imidazole rings is 1. The van der Waals surface area contributed by atoms with Crippen molar-refractivity contribution in [1.29, 1.82) is 0 Å². The fraction of sp³-hybridized carbons (Fsp3) is 0.417. The molecule has 30 heavy (non-hydrogen) atoms. The molecule has 3 aromatic rings. The van der Waals surface area contributed by atoms with E-state index < -0.39 is 0 Å². The SMILES string of the molecule is CCCC(=O)N1CCC(n2c(-c3ccc(OC)c(OC)c3)nc3ccccc32)CC1. The highest BCUT2D eigenvalue weighted by Crippen LogP contribution is 2.37. The summed E-state index contributed by atoms with van der Waals surface area (Å²) in [7, 11) is 3.29. The van der Waals surface area contributed by atoms with Gasteiger partial charge in [-0.3, -0.25) is 4.79 Å². The van der Waals surface area contributed by atoms with Gasteiger partial charge in [0.1, 0.15) is 5.82 Å². The number of likely N-dealkylation sites (tertiary alicyclic amines) is 1. The van der Waals surface area contributed by atoms with E-state index in [9.17, 15) is 4.79 Å². The number of benzene rings is 2. The summed E-state index contributed by atoms with van der Waals surface area (Å²) in [6, 6.07) is 14.5. The topological polar surface area (TPSA) is 56.6 Å². The maximum Gasteiger partial charge on any atom is 0.222 e. The zero-order valence-corrected chi connectivity index (χ0v) is 17.9. The lowest BCUT2D eigenvalue weighted by molar-refractivity contribution is -0.132. The number of fused-ring (bicyclic) bond motifs is 1. The van der Waals surface area contributed by atoms with Gasteiger partial charge in [0.15, 0.2) is 11.5 Å². The second kappa shape index (κ2) is 8.78. The van der Waals surface area contributed by atoms with Crippen LogP contribution in [0.2, 0.25) is 0 Å². The molecule has 0 radical (unpaired) electrons. The van der Waals surface area contributed by atoms with Gasteiger partial charge in [0, 0.05) is 31.1 Å². The minimum Gasteiger partial charge on any atom is -0.493 e. The third-order valence-corrected chi connectivity index (χ3v) is 5.88. The van der Waals surface area contributed by atoms with Crippen molar-refractivity contribution >= 4 is 16.9 Å². The summed E-state index contributed by atoms with van der Waals surface area (Å²) >= 11 is 0. The van der Waals surface area contributed by atoms with Crippen LogP contribution < -0.4 is 9.47 Å². The highest BCUT2D eigenvalue weighted by molar-refractivity contribution is 5.81. The van der Waals surface area contributed by atoms with Gasteiger partial charge in [-0.15, -0.1) is 0 Å². The Hall–Kier alpha value is -3.02. The van der Waals surface area contributed by atoms with Crippen LogP contribution in [0.5, 0.6) is 11.5 Å². The van der Waals surface area contributed by atoms with E-state index >= 15 is 0 Å². The summed E-state index contributed by atoms with van der Waals surface area (Å²) in [4.78, 5) is 19.3. The molecule has 6 nitrogen and oxygen atoms in total. The molecule has 1 aliphatic rings. The van der Waals surface area contributed by atoms with Crippen LogP contribution in [0.3, 0.4) is 0 Å². The summed E-state index contributed by atoms with van der Waals surface area (Å²) in [6.07, 6.45) is 3.39. The summed E-state index contributed by atoms with van der Waals surface area (Å²) in [5, 5.41) is 0. The van der Waals surface area contributed by atoms with E-state index in [2.05, 4.69) is 29.7 Å². The Balaban J connectivity index is 1.71. The standard InChI is InChI=1S/C24H29N3O3/c1-4-7-23(28)26-14-12-18(13-15-26)27-20-9-6-5-8-19(20)25-24(27)17-10-11-21(29-2)22(16-17)30-3/h5-6,8-11,16,18H,4,7,12-15H2,1-3H3. The first-order chi connectivity index (χ1) is 14.7. The minimum atomic E-state index is 0.270. The first kappa shape index (κ1) is 20.3. The first-order valence-electron chi connectivity index (χ1n) is 10.6. The van der Waals surface area contributed by atoms with Crippen LogP contribution in [0.15, 0.2) is 42.5 Å². The molecule has 2 heterocycles. The number of aromatic nitrogens is 2. The summed E-state index contributed by atoms with van der Waals surface area (Å²) < 4.78 is 13.3. The van der Waals surface area contributed by atoms with Crippen molar-refractivity contribution in [2.24, 2.45) is 0 Å². The molecule has 2 aromatic carbocycles. The summed E-state index contributed by atoms with van der Waals surface area (Å²) in [5.41, 5.74) is 3.10. The zero-order valence-electron chi connectivity index (χ0n) is 17.9. The van der Waals surface area contributed by atoms with Crippen LogP contribution >= 0.6 is 0 Å². The Kier molecular flexibility index (Phi) is 5.93. The number of piperidine rings is 1. The van der Waals surface area contributed by atoms with Crippen molar-refractivity contribution in [3.8, 4) is 22.9 Å². The highest BCUT2D eigenvalue weighted by atomic mass is 16.5. The van der Waals surface area contributed by atoms with Crippen molar-refractivity contribution in [2.75, 3.05) is 27.3 Å². The molecule has 0 saturated carbocycles. The molecule has 1 amide bonds. The van der Waals surface area contributed by atoms with Gasteiger partial charge in [-0.1, -0.05) is 19.1 Å². The third kappa shape index (κ3) is 3.74. The van der Waals surface area contributed by atoms with Crippen LogP contribution in [-0.4, -0.2) is 47.7 Å². The Labute approximate surface area is 177 Å². The molecular weight excluding hydrogens is 378 g/mol. The summed E-state index contributed by atoms with van der Waals surface area (Å²) in [5.74, 6) is 2.59. The quantitative estimate of drug-likeness (QED) is 0.595. The predicted molar refractivity (Wildman–Crippen MR) is 118 cm³/mol. The van der Waals surface area contributed by atoms with Crippen molar-refractivity contribution in [3.05, 3.63) is 42.5 Å². The van der Waals surface area contributed by atoms with Gasteiger partial charge in [-0.05, 0) is 49.6 Å². The zero-order chi connectivity index (χ0) is 21.1. The second-order valence-corrected chi connectivity index (χ2v) is 7.73. The monoisotopic (exact) mass is 407 g/mol. The number of hydrogen-bond donors (Lipinski definition) is 0. The van der Waals surface area contributed by atoms with Crippen LogP contribution in [0.25, 0.3) is 22.4 Å². The number of carbonyl (C=O) groups is 1. The molecule has 6 heteroatoms. The lowest BCUT2D eigenvalue weighted by Gasteiger charge is -2.33. The number of para-hydroxylation sites is 2. The largest absolute Gasteiger partial charge is 0.493 e. The average Bonchev–Trinajstić information content (AvgIpc) is 3.18. The molecule has 0 unspecified atom stereocenters. The summed E-state index contributed by atoms with van der Waals surface area (Å²) in [6.45, 7) is 3.64. The second-order valence-electron chi connectivity index (χ2n) is 7.73. The van der Waals surface area contributed by atoms with Crippen LogP contribution in [0.4, 0.5) is 0 Å². The number of carbonyl (C=O) groups excluding carboxylic acids is 1. The normalized spacial score (nSPS) is 14.8. The van der Waals surface area contributed by atoms with Crippen molar-refractivity contribution in [2.45, 2.75) is 38.6 Å². The Bertz CT molecular complexity index is 1040.